The zero-order valence-electron chi connectivity index (χ0n) is 12.4. The Morgan fingerprint density at radius 2 is 1.83 bits per heavy atom. The molecule has 0 radical (unpaired) electrons. The van der Waals surface area contributed by atoms with Gasteiger partial charge in [-0.25, -0.2) is 0 Å². The van der Waals surface area contributed by atoms with E-state index < -0.39 is 0 Å². The lowest BCUT2D eigenvalue weighted by Gasteiger charge is -2.06. The number of ether oxygens (including phenoxy) is 1. The molecule has 0 fully saturated rings. The summed E-state index contributed by atoms with van der Waals surface area (Å²) < 4.78 is 7.34. The molecule has 1 aromatic heterocycles. The third kappa shape index (κ3) is 3.17. The summed E-state index contributed by atoms with van der Waals surface area (Å²) in [6.07, 6.45) is 0. The first-order chi connectivity index (χ1) is 11.2. The molecule has 3 rings (SSSR count). The fourth-order valence-electron chi connectivity index (χ4n) is 2.15. The number of benzene rings is 2. The van der Waals surface area contributed by atoms with Crippen LogP contribution in [0.5, 0.6) is 6.01 Å². The zero-order valence-corrected chi connectivity index (χ0v) is 14.0. The largest absolute Gasteiger partial charge is 0.463 e. The maximum Gasteiger partial charge on any atom is 0.336 e. The van der Waals surface area contributed by atoms with E-state index in [-0.39, 0.29) is 11.9 Å². The predicted octanol–water partition coefficient (Wildman–Crippen LogP) is 3.79. The molecule has 0 spiro atoms. The molecule has 0 atom stereocenters. The molecule has 0 saturated heterocycles. The minimum atomic E-state index is -0.269. The minimum Gasteiger partial charge on any atom is -0.463 e. The molecule has 0 aliphatic rings. The van der Waals surface area contributed by atoms with Crippen molar-refractivity contribution in [2.75, 3.05) is 6.61 Å². The van der Waals surface area contributed by atoms with E-state index in [4.69, 9.17) is 4.74 Å². The van der Waals surface area contributed by atoms with Gasteiger partial charge in [-0.1, -0.05) is 42.5 Å². The van der Waals surface area contributed by atoms with Crippen LogP contribution in [0.3, 0.4) is 0 Å². The van der Waals surface area contributed by atoms with Crippen molar-refractivity contribution in [2.45, 2.75) is 6.92 Å². The molecule has 23 heavy (non-hydrogen) atoms. The molecule has 3 aromatic rings. The van der Waals surface area contributed by atoms with Crippen LogP contribution in [-0.4, -0.2) is 27.3 Å². The molecule has 0 amide bonds. The van der Waals surface area contributed by atoms with E-state index in [0.29, 0.717) is 22.5 Å². The van der Waals surface area contributed by atoms with Gasteiger partial charge in [0.2, 0.25) is 0 Å². The van der Waals surface area contributed by atoms with E-state index in [1.54, 1.807) is 12.1 Å². The summed E-state index contributed by atoms with van der Waals surface area (Å²) in [7, 11) is 0. The number of aromatic nitrogens is 3. The molecule has 0 aliphatic heterocycles. The van der Waals surface area contributed by atoms with Crippen LogP contribution in [0.4, 0.5) is 0 Å². The normalized spacial score (nSPS) is 10.5. The summed E-state index contributed by atoms with van der Waals surface area (Å²) in [4.78, 5) is 17.2. The highest BCUT2D eigenvalue weighted by atomic mass is 79.9. The number of carbonyl (C=O) groups is 1. The van der Waals surface area contributed by atoms with Gasteiger partial charge >= 0.3 is 6.01 Å². The van der Waals surface area contributed by atoms with E-state index in [9.17, 15) is 4.79 Å². The van der Waals surface area contributed by atoms with Gasteiger partial charge in [-0.3, -0.25) is 4.79 Å². The van der Waals surface area contributed by atoms with Crippen molar-refractivity contribution in [3.8, 4) is 17.4 Å². The van der Waals surface area contributed by atoms with E-state index in [1.807, 2.05) is 49.4 Å². The van der Waals surface area contributed by atoms with Gasteiger partial charge < -0.3 is 4.74 Å². The highest BCUT2D eigenvalue weighted by Crippen LogP contribution is 2.23. The Kier molecular flexibility index (Phi) is 4.52. The van der Waals surface area contributed by atoms with Crippen molar-refractivity contribution >= 4 is 21.8 Å². The van der Waals surface area contributed by atoms with Gasteiger partial charge in [-0.05, 0) is 35.0 Å². The number of hydrogen-bond donors (Lipinski definition) is 0. The van der Waals surface area contributed by atoms with E-state index in [2.05, 4.69) is 26.0 Å². The van der Waals surface area contributed by atoms with Crippen LogP contribution in [0, 0.1) is 0 Å². The van der Waals surface area contributed by atoms with Crippen molar-refractivity contribution in [3.63, 3.8) is 0 Å². The standard InChI is InChI=1S/C17H14BrN3O2/c1-2-23-17-19-15(12-8-4-3-5-9-12)21(20-17)16(22)13-10-6-7-11-14(13)18/h3-11H,2H2,1H3. The average molecular weight is 372 g/mol. The van der Waals surface area contributed by atoms with Crippen LogP contribution < -0.4 is 4.74 Å². The van der Waals surface area contributed by atoms with Gasteiger partial charge in [-0.2, -0.15) is 9.67 Å². The maximum absolute atomic E-state index is 12.9. The molecule has 2 aromatic carbocycles. The topological polar surface area (TPSA) is 57.0 Å². The summed E-state index contributed by atoms with van der Waals surface area (Å²) in [5, 5.41) is 4.21. The maximum atomic E-state index is 12.9. The molecule has 1 heterocycles. The van der Waals surface area contributed by atoms with E-state index in [0.717, 1.165) is 5.56 Å². The first-order valence-corrected chi connectivity index (χ1v) is 7.94. The van der Waals surface area contributed by atoms with Crippen LogP contribution in [0.2, 0.25) is 0 Å². The monoisotopic (exact) mass is 371 g/mol. The predicted molar refractivity (Wildman–Crippen MR) is 90.5 cm³/mol. The summed E-state index contributed by atoms with van der Waals surface area (Å²) in [6.45, 7) is 2.28. The van der Waals surface area contributed by atoms with E-state index >= 15 is 0 Å². The Balaban J connectivity index is 2.11. The summed E-state index contributed by atoms with van der Waals surface area (Å²) in [5.74, 6) is 0.185. The van der Waals surface area contributed by atoms with Crippen LogP contribution in [-0.2, 0) is 0 Å². The van der Waals surface area contributed by atoms with Gasteiger partial charge in [0.15, 0.2) is 5.82 Å². The smallest absolute Gasteiger partial charge is 0.336 e. The Morgan fingerprint density at radius 1 is 1.13 bits per heavy atom. The molecule has 0 N–H and O–H groups in total. The first-order valence-electron chi connectivity index (χ1n) is 7.15. The molecule has 0 unspecified atom stereocenters. The van der Waals surface area contributed by atoms with Gasteiger partial charge in [0.25, 0.3) is 5.91 Å². The molecular weight excluding hydrogens is 358 g/mol. The average Bonchev–Trinajstić information content (AvgIpc) is 3.00. The van der Waals surface area contributed by atoms with Crippen molar-refractivity contribution in [2.24, 2.45) is 0 Å². The van der Waals surface area contributed by atoms with Crippen LogP contribution in [0.15, 0.2) is 59.1 Å². The second-order valence-electron chi connectivity index (χ2n) is 4.71. The first kappa shape index (κ1) is 15.4. The Labute approximate surface area is 142 Å². The van der Waals surface area contributed by atoms with Gasteiger partial charge in [-0.15, -0.1) is 5.10 Å². The SMILES string of the molecule is CCOc1nc(-c2ccccc2)n(C(=O)c2ccccc2Br)n1. The Hall–Kier alpha value is -2.47. The molecule has 5 nitrogen and oxygen atoms in total. The number of halogens is 1. The van der Waals surface area contributed by atoms with Gasteiger partial charge in [0.05, 0.1) is 12.2 Å². The van der Waals surface area contributed by atoms with Crippen LogP contribution in [0.25, 0.3) is 11.4 Å². The molecular formula is C17H14BrN3O2. The van der Waals surface area contributed by atoms with Crippen LogP contribution in [0.1, 0.15) is 17.3 Å². The molecule has 116 valence electrons. The van der Waals surface area contributed by atoms with Gasteiger partial charge in [0.1, 0.15) is 0 Å². The zero-order chi connectivity index (χ0) is 16.2. The van der Waals surface area contributed by atoms with Crippen molar-refractivity contribution in [3.05, 3.63) is 64.6 Å². The van der Waals surface area contributed by atoms with Crippen molar-refractivity contribution in [1.82, 2.24) is 14.8 Å². The number of rotatable bonds is 4. The fourth-order valence-corrected chi connectivity index (χ4v) is 2.60. The number of nitrogens with zero attached hydrogens (tertiary/aromatic N) is 3. The lowest BCUT2D eigenvalue weighted by Crippen LogP contribution is -2.15. The Morgan fingerprint density at radius 3 is 2.52 bits per heavy atom. The fraction of sp³-hybridized carbons (Fsp3) is 0.118. The Bertz CT molecular complexity index is 831. The third-order valence-electron chi connectivity index (χ3n) is 3.19. The summed E-state index contributed by atoms with van der Waals surface area (Å²) in [5.41, 5.74) is 1.31. The lowest BCUT2D eigenvalue weighted by atomic mass is 10.2. The van der Waals surface area contributed by atoms with Crippen molar-refractivity contribution in [1.29, 1.82) is 0 Å². The summed E-state index contributed by atoms with van der Waals surface area (Å²) in [6, 6.07) is 16.8. The summed E-state index contributed by atoms with van der Waals surface area (Å²) >= 11 is 3.40. The highest BCUT2D eigenvalue weighted by molar-refractivity contribution is 9.10. The molecule has 0 aliphatic carbocycles. The molecule has 0 bridgehead atoms. The minimum absolute atomic E-state index is 0.187. The van der Waals surface area contributed by atoms with Crippen molar-refractivity contribution < 1.29 is 9.53 Å². The second-order valence-corrected chi connectivity index (χ2v) is 5.57. The number of carbonyl (C=O) groups excluding carboxylic acids is 1. The lowest BCUT2D eigenvalue weighted by molar-refractivity contribution is 0.0944. The van der Waals surface area contributed by atoms with Gasteiger partial charge in [0, 0.05) is 10.0 Å². The van der Waals surface area contributed by atoms with Crippen LogP contribution >= 0.6 is 15.9 Å². The highest BCUT2D eigenvalue weighted by Gasteiger charge is 2.21. The molecule has 6 heteroatoms. The number of hydrogen-bond acceptors (Lipinski definition) is 4. The third-order valence-corrected chi connectivity index (χ3v) is 3.88. The van der Waals surface area contributed by atoms with E-state index in [1.165, 1.54) is 4.68 Å². The molecule has 0 saturated carbocycles. The quantitative estimate of drug-likeness (QED) is 0.699. The second kappa shape index (κ2) is 6.75.